The maximum Gasteiger partial charge on any atom is 0.333 e. The molecule has 0 N–H and O–H groups in total. The zero-order valence-corrected chi connectivity index (χ0v) is 28.8. The molecule has 0 bridgehead atoms. The summed E-state index contributed by atoms with van der Waals surface area (Å²) in [4.78, 5) is 49.4. The van der Waals surface area contributed by atoms with Crippen LogP contribution in [0.4, 0.5) is 0 Å². The molecule has 0 aromatic heterocycles. The summed E-state index contributed by atoms with van der Waals surface area (Å²) in [5, 5.41) is 0. The fourth-order valence-electron chi connectivity index (χ4n) is 4.69. The van der Waals surface area contributed by atoms with Gasteiger partial charge in [-0.2, -0.15) is 0 Å². The number of unbranched alkanes of at least 4 members (excludes halogenated alkanes) is 15. The predicted molar refractivity (Wildman–Crippen MR) is 179 cm³/mol. The molecule has 9 heteroatoms. The summed E-state index contributed by atoms with van der Waals surface area (Å²) in [6.45, 7) is 14.0. The van der Waals surface area contributed by atoms with Crippen molar-refractivity contribution in [2.75, 3.05) is 46.1 Å². The SMILES string of the molecule is C=C(C)C(=O)OCCOC(=O)CCN(CCCCCCCCCCCCCCCCCC)CCC(=O)OCCOC(=O)C(=C)C. The third-order valence-corrected chi connectivity index (χ3v) is 7.45. The summed E-state index contributed by atoms with van der Waals surface area (Å²) >= 11 is 0. The molecule has 0 aliphatic rings. The molecule has 0 radical (unpaired) electrons. The number of carbonyl (C=O) groups excluding carboxylic acids is 4. The monoisotopic (exact) mass is 637 g/mol. The molecule has 0 heterocycles. The van der Waals surface area contributed by atoms with E-state index in [0.717, 1.165) is 19.4 Å². The molecule has 0 fully saturated rings. The molecule has 0 amide bonds. The molecule has 0 atom stereocenters. The van der Waals surface area contributed by atoms with E-state index in [1.165, 1.54) is 89.9 Å². The minimum atomic E-state index is -0.517. The van der Waals surface area contributed by atoms with E-state index in [-0.39, 0.29) is 62.4 Å². The largest absolute Gasteiger partial charge is 0.462 e. The normalized spacial score (nSPS) is 10.8. The summed E-state index contributed by atoms with van der Waals surface area (Å²) < 4.78 is 20.2. The van der Waals surface area contributed by atoms with Gasteiger partial charge >= 0.3 is 23.9 Å². The summed E-state index contributed by atoms with van der Waals surface area (Å²) in [6.07, 6.45) is 21.2. The lowest BCUT2D eigenvalue weighted by Crippen LogP contribution is -2.31. The second kappa shape index (κ2) is 30.0. The second-order valence-corrected chi connectivity index (χ2v) is 11.9. The van der Waals surface area contributed by atoms with Crippen LogP contribution in [0.3, 0.4) is 0 Å². The van der Waals surface area contributed by atoms with E-state index in [1.807, 2.05) is 0 Å². The Balaban J connectivity index is 4.23. The summed E-state index contributed by atoms with van der Waals surface area (Å²) in [6, 6.07) is 0. The standard InChI is InChI=1S/C36H63NO8/c1-6-7-8-9-10-11-12-13-14-15-16-17-18-19-20-21-24-37(25-22-33(38)42-27-29-44-35(40)31(2)3)26-23-34(39)43-28-30-45-36(41)32(4)5/h2,4,6-30H2,1,3,5H3. The van der Waals surface area contributed by atoms with Crippen molar-refractivity contribution in [2.45, 2.75) is 136 Å². The summed E-state index contributed by atoms with van der Waals surface area (Å²) in [5.74, 6) is -1.81. The van der Waals surface area contributed by atoms with Gasteiger partial charge in [-0.05, 0) is 26.8 Å². The Bertz CT molecular complexity index is 791. The Hall–Kier alpha value is -2.68. The molecule has 0 aromatic carbocycles. The molecule has 0 saturated heterocycles. The van der Waals surface area contributed by atoms with E-state index < -0.39 is 11.9 Å². The molecule has 260 valence electrons. The first-order valence-electron chi connectivity index (χ1n) is 17.4. The minimum Gasteiger partial charge on any atom is -0.462 e. The van der Waals surface area contributed by atoms with Crippen molar-refractivity contribution in [3.05, 3.63) is 24.3 Å². The Labute approximate surface area is 273 Å². The van der Waals surface area contributed by atoms with Crippen molar-refractivity contribution in [1.82, 2.24) is 4.90 Å². The Morgan fingerprint density at radius 3 is 1.11 bits per heavy atom. The van der Waals surface area contributed by atoms with Gasteiger partial charge in [0.25, 0.3) is 0 Å². The molecule has 45 heavy (non-hydrogen) atoms. The van der Waals surface area contributed by atoms with Crippen LogP contribution in [0.5, 0.6) is 0 Å². The average Bonchev–Trinajstić information content (AvgIpc) is 3.01. The number of hydrogen-bond acceptors (Lipinski definition) is 9. The third-order valence-electron chi connectivity index (χ3n) is 7.45. The molecule has 0 spiro atoms. The summed E-state index contributed by atoms with van der Waals surface area (Å²) in [5.41, 5.74) is 0.579. The van der Waals surface area contributed by atoms with Crippen LogP contribution in [-0.4, -0.2) is 74.8 Å². The van der Waals surface area contributed by atoms with E-state index in [1.54, 1.807) is 13.8 Å². The third kappa shape index (κ3) is 28.5. The first-order chi connectivity index (χ1) is 21.7. The van der Waals surface area contributed by atoms with Crippen LogP contribution in [0, 0.1) is 0 Å². The van der Waals surface area contributed by atoms with Crippen molar-refractivity contribution >= 4 is 23.9 Å². The quantitative estimate of drug-likeness (QED) is 0.0328. The van der Waals surface area contributed by atoms with Gasteiger partial charge in [-0.15, -0.1) is 0 Å². The maximum absolute atomic E-state index is 12.2. The van der Waals surface area contributed by atoms with E-state index in [4.69, 9.17) is 18.9 Å². The summed E-state index contributed by atoms with van der Waals surface area (Å²) in [7, 11) is 0. The van der Waals surface area contributed by atoms with Gasteiger partial charge in [0.05, 0.1) is 12.8 Å². The maximum atomic E-state index is 12.2. The number of ether oxygens (including phenoxy) is 4. The van der Waals surface area contributed by atoms with Crippen LogP contribution in [-0.2, 0) is 38.1 Å². The number of esters is 4. The van der Waals surface area contributed by atoms with Gasteiger partial charge in [0, 0.05) is 24.2 Å². The molecule has 0 aliphatic carbocycles. The van der Waals surface area contributed by atoms with E-state index in [0.29, 0.717) is 13.1 Å². The number of carbonyl (C=O) groups is 4. The van der Waals surface area contributed by atoms with Crippen LogP contribution in [0.1, 0.15) is 136 Å². The van der Waals surface area contributed by atoms with E-state index in [2.05, 4.69) is 25.0 Å². The van der Waals surface area contributed by atoms with Crippen molar-refractivity contribution in [3.8, 4) is 0 Å². The smallest absolute Gasteiger partial charge is 0.333 e. The average molecular weight is 638 g/mol. The van der Waals surface area contributed by atoms with Gasteiger partial charge in [-0.1, -0.05) is 116 Å². The fourth-order valence-corrected chi connectivity index (χ4v) is 4.69. The predicted octanol–water partition coefficient (Wildman–Crippen LogP) is 7.66. The highest BCUT2D eigenvalue weighted by atomic mass is 16.6. The topological polar surface area (TPSA) is 108 Å². The van der Waals surface area contributed by atoms with Gasteiger partial charge in [0.15, 0.2) is 0 Å². The zero-order valence-electron chi connectivity index (χ0n) is 28.8. The molecular weight excluding hydrogens is 574 g/mol. The van der Waals surface area contributed by atoms with Crippen LogP contribution in [0.2, 0.25) is 0 Å². The molecule has 0 saturated carbocycles. The lowest BCUT2D eigenvalue weighted by Gasteiger charge is -2.21. The van der Waals surface area contributed by atoms with E-state index >= 15 is 0 Å². The first kappa shape index (κ1) is 42.3. The van der Waals surface area contributed by atoms with Gasteiger partial charge < -0.3 is 23.8 Å². The van der Waals surface area contributed by atoms with Crippen LogP contribution in [0.25, 0.3) is 0 Å². The van der Waals surface area contributed by atoms with Gasteiger partial charge in [0.1, 0.15) is 26.4 Å². The lowest BCUT2D eigenvalue weighted by molar-refractivity contribution is -0.151. The van der Waals surface area contributed by atoms with Gasteiger partial charge in [0.2, 0.25) is 0 Å². The first-order valence-corrected chi connectivity index (χ1v) is 17.4. The molecule has 0 rings (SSSR count). The Morgan fingerprint density at radius 2 is 0.778 bits per heavy atom. The molecule has 0 aliphatic heterocycles. The van der Waals surface area contributed by atoms with E-state index in [9.17, 15) is 19.2 Å². The molecule has 0 unspecified atom stereocenters. The van der Waals surface area contributed by atoms with Crippen LogP contribution >= 0.6 is 0 Å². The lowest BCUT2D eigenvalue weighted by atomic mass is 10.0. The Morgan fingerprint density at radius 1 is 0.467 bits per heavy atom. The molecular formula is C36H63NO8. The number of nitrogens with zero attached hydrogens (tertiary/aromatic N) is 1. The molecule has 0 aromatic rings. The van der Waals surface area contributed by atoms with Crippen molar-refractivity contribution < 1.29 is 38.1 Å². The minimum absolute atomic E-state index is 0.0146. The van der Waals surface area contributed by atoms with Gasteiger partial charge in [-0.3, -0.25) is 9.59 Å². The Kier molecular flexibility index (Phi) is 28.2. The van der Waals surface area contributed by atoms with Crippen molar-refractivity contribution in [2.24, 2.45) is 0 Å². The highest BCUT2D eigenvalue weighted by molar-refractivity contribution is 5.87. The molecule has 9 nitrogen and oxygen atoms in total. The number of rotatable bonds is 31. The highest BCUT2D eigenvalue weighted by Crippen LogP contribution is 2.14. The second-order valence-electron chi connectivity index (χ2n) is 11.9. The van der Waals surface area contributed by atoms with Crippen molar-refractivity contribution in [1.29, 1.82) is 0 Å². The van der Waals surface area contributed by atoms with Gasteiger partial charge in [-0.25, -0.2) is 9.59 Å². The fraction of sp³-hybridized carbons (Fsp3) is 0.778. The van der Waals surface area contributed by atoms with Crippen molar-refractivity contribution in [3.63, 3.8) is 0 Å². The highest BCUT2D eigenvalue weighted by Gasteiger charge is 2.13. The van der Waals surface area contributed by atoms with Crippen LogP contribution in [0.15, 0.2) is 24.3 Å². The number of hydrogen-bond donors (Lipinski definition) is 0. The zero-order chi connectivity index (χ0) is 33.5. The van der Waals surface area contributed by atoms with Crippen LogP contribution < -0.4 is 0 Å².